The minimum atomic E-state index is -1.38. The molecule has 10 atom stereocenters. The van der Waals surface area contributed by atoms with Gasteiger partial charge in [0.2, 0.25) is 0 Å². The molecule has 0 aromatic heterocycles. The highest BCUT2D eigenvalue weighted by atomic mass is 16.8. The van der Waals surface area contributed by atoms with Crippen LogP contribution in [0.1, 0.15) is 73.1 Å². The molecule has 0 aliphatic carbocycles. The minimum Gasteiger partial charge on any atom is -0.462 e. The van der Waals surface area contributed by atoms with Gasteiger partial charge in [0.1, 0.15) is 37.1 Å². The SMILES string of the molecule is CCCCCCCCO[C@@H]1OC(C(COC)O[C@@H]2OC(C(COC(C)=O)OC(C)=O)[C@@H](OC(C)=O)[C@H]2OC(C)=O)[C@H](OC)[C@H]1OC. The van der Waals surface area contributed by atoms with Gasteiger partial charge in [-0.15, -0.1) is 0 Å². The van der Waals surface area contributed by atoms with E-state index >= 15 is 0 Å². The zero-order valence-corrected chi connectivity index (χ0v) is 28.3. The summed E-state index contributed by atoms with van der Waals surface area (Å²) in [6.45, 7) is 6.83. The fourth-order valence-corrected chi connectivity index (χ4v) is 5.54. The smallest absolute Gasteiger partial charge is 0.303 e. The fraction of sp³-hybridized carbons (Fsp3) is 0.871. The Morgan fingerprint density at radius 1 is 0.630 bits per heavy atom. The first-order chi connectivity index (χ1) is 22.0. The molecular formula is C31H52O15. The molecule has 15 heteroatoms. The van der Waals surface area contributed by atoms with E-state index in [2.05, 4.69) is 6.92 Å². The summed E-state index contributed by atoms with van der Waals surface area (Å²) in [4.78, 5) is 47.9. The molecule has 2 rings (SSSR count). The van der Waals surface area contributed by atoms with E-state index in [9.17, 15) is 19.2 Å². The van der Waals surface area contributed by atoms with Gasteiger partial charge in [-0.25, -0.2) is 0 Å². The van der Waals surface area contributed by atoms with Crippen molar-refractivity contribution in [2.75, 3.05) is 41.2 Å². The molecule has 0 amide bonds. The monoisotopic (exact) mass is 664 g/mol. The summed E-state index contributed by atoms with van der Waals surface area (Å²) in [6.07, 6.45) is -3.67. The number of methoxy groups -OCH3 is 3. The van der Waals surface area contributed by atoms with Gasteiger partial charge in [0.05, 0.1) is 6.61 Å². The van der Waals surface area contributed by atoms with Crippen molar-refractivity contribution in [2.45, 2.75) is 135 Å². The van der Waals surface area contributed by atoms with Gasteiger partial charge in [0.25, 0.3) is 0 Å². The highest BCUT2D eigenvalue weighted by Gasteiger charge is 2.57. The quantitative estimate of drug-likeness (QED) is 0.0994. The van der Waals surface area contributed by atoms with Crippen LogP contribution in [0.3, 0.4) is 0 Å². The van der Waals surface area contributed by atoms with E-state index < -0.39 is 91.9 Å². The predicted octanol–water partition coefficient (Wildman–Crippen LogP) is 2.23. The van der Waals surface area contributed by atoms with Crippen LogP contribution in [0.25, 0.3) is 0 Å². The standard InChI is InChI=1S/C31H52O15/c1-9-10-11-12-13-14-15-39-30-28(38-8)26(37-7)24(45-30)22(16-36-6)44-31-29(43-21(5)35)27(42-20(4)34)25(46-31)23(41-19(3)33)17-40-18(2)32/h22-31H,9-17H2,1-8H3/t22?,23?,24?,25?,26-,27+,28+,29+,30+,31+/m0/s1. The fourth-order valence-electron chi connectivity index (χ4n) is 5.54. The van der Waals surface area contributed by atoms with Gasteiger partial charge in [0, 0.05) is 55.6 Å². The Kier molecular flexibility index (Phi) is 17.9. The summed E-state index contributed by atoms with van der Waals surface area (Å²) in [7, 11) is 4.50. The summed E-state index contributed by atoms with van der Waals surface area (Å²) in [5.41, 5.74) is 0. The molecule has 0 aromatic carbocycles. The third-order valence-corrected chi connectivity index (χ3v) is 7.48. The van der Waals surface area contributed by atoms with E-state index in [0.717, 1.165) is 33.1 Å². The molecule has 2 fully saturated rings. The summed E-state index contributed by atoms with van der Waals surface area (Å²) < 4.78 is 63.3. The van der Waals surface area contributed by atoms with Crippen molar-refractivity contribution < 1.29 is 71.3 Å². The van der Waals surface area contributed by atoms with Crippen molar-refractivity contribution in [3.05, 3.63) is 0 Å². The van der Waals surface area contributed by atoms with Crippen LogP contribution in [0.5, 0.6) is 0 Å². The van der Waals surface area contributed by atoms with Crippen LogP contribution in [0.15, 0.2) is 0 Å². The molecule has 266 valence electrons. The Hall–Kier alpha value is -2.40. The van der Waals surface area contributed by atoms with Gasteiger partial charge in [-0.05, 0) is 6.42 Å². The summed E-state index contributed by atoms with van der Waals surface area (Å²) in [5, 5.41) is 0. The Morgan fingerprint density at radius 2 is 1.22 bits per heavy atom. The number of ether oxygens (including phenoxy) is 11. The molecule has 0 radical (unpaired) electrons. The van der Waals surface area contributed by atoms with Crippen molar-refractivity contribution in [3.8, 4) is 0 Å². The largest absolute Gasteiger partial charge is 0.462 e. The lowest BCUT2D eigenvalue weighted by atomic mass is 10.0. The predicted molar refractivity (Wildman–Crippen MR) is 158 cm³/mol. The summed E-state index contributed by atoms with van der Waals surface area (Å²) in [5.74, 6) is -2.81. The van der Waals surface area contributed by atoms with Gasteiger partial charge < -0.3 is 52.1 Å². The van der Waals surface area contributed by atoms with Crippen molar-refractivity contribution in [2.24, 2.45) is 0 Å². The Bertz CT molecular complexity index is 945. The lowest BCUT2D eigenvalue weighted by molar-refractivity contribution is -0.249. The first-order valence-electron chi connectivity index (χ1n) is 15.7. The first-order valence-corrected chi connectivity index (χ1v) is 15.7. The second-order valence-corrected chi connectivity index (χ2v) is 11.2. The topological polar surface area (TPSA) is 170 Å². The number of hydrogen-bond acceptors (Lipinski definition) is 15. The van der Waals surface area contributed by atoms with Crippen molar-refractivity contribution in [3.63, 3.8) is 0 Å². The van der Waals surface area contributed by atoms with Crippen molar-refractivity contribution in [1.29, 1.82) is 0 Å². The molecule has 15 nitrogen and oxygen atoms in total. The lowest BCUT2D eigenvalue weighted by Crippen LogP contribution is -2.48. The maximum atomic E-state index is 12.2. The maximum Gasteiger partial charge on any atom is 0.303 e. The molecule has 4 unspecified atom stereocenters. The van der Waals surface area contributed by atoms with Gasteiger partial charge in [-0.2, -0.15) is 0 Å². The Balaban J connectivity index is 2.32. The molecule has 0 bridgehead atoms. The third-order valence-electron chi connectivity index (χ3n) is 7.48. The van der Waals surface area contributed by atoms with Gasteiger partial charge >= 0.3 is 23.9 Å². The van der Waals surface area contributed by atoms with Gasteiger partial charge in [-0.1, -0.05) is 39.0 Å². The average Bonchev–Trinajstić information content (AvgIpc) is 3.50. The molecular weight excluding hydrogens is 612 g/mol. The second-order valence-electron chi connectivity index (χ2n) is 11.2. The van der Waals surface area contributed by atoms with Crippen molar-refractivity contribution >= 4 is 23.9 Å². The molecule has 2 aliphatic rings. The molecule has 2 saturated heterocycles. The van der Waals surface area contributed by atoms with Crippen LogP contribution in [0.2, 0.25) is 0 Å². The van der Waals surface area contributed by atoms with Crippen molar-refractivity contribution in [1.82, 2.24) is 0 Å². The average molecular weight is 665 g/mol. The highest BCUT2D eigenvalue weighted by Crippen LogP contribution is 2.35. The van der Waals surface area contributed by atoms with Gasteiger partial charge in [-0.3, -0.25) is 19.2 Å². The zero-order valence-electron chi connectivity index (χ0n) is 28.3. The normalized spacial score (nSPS) is 28.8. The van der Waals surface area contributed by atoms with Crippen LogP contribution >= 0.6 is 0 Å². The van der Waals surface area contributed by atoms with Crippen LogP contribution in [-0.4, -0.2) is 126 Å². The third kappa shape index (κ3) is 12.3. The molecule has 2 heterocycles. The molecule has 0 saturated carbocycles. The number of carbonyl (C=O) groups excluding carboxylic acids is 4. The summed E-state index contributed by atoms with van der Waals surface area (Å²) in [6, 6.07) is 0. The van der Waals surface area contributed by atoms with Crippen LogP contribution in [0, 0.1) is 0 Å². The Labute approximate surface area is 271 Å². The van der Waals surface area contributed by atoms with E-state index in [0.29, 0.717) is 6.61 Å². The van der Waals surface area contributed by atoms with Crippen LogP contribution < -0.4 is 0 Å². The first kappa shape index (κ1) is 39.8. The van der Waals surface area contributed by atoms with E-state index in [1.54, 1.807) is 0 Å². The minimum absolute atomic E-state index is 0.0263. The molecule has 0 spiro atoms. The second kappa shape index (κ2) is 20.8. The number of rotatable bonds is 21. The number of esters is 4. The molecule has 46 heavy (non-hydrogen) atoms. The highest BCUT2D eigenvalue weighted by molar-refractivity contribution is 5.68. The molecule has 0 N–H and O–H groups in total. The Morgan fingerprint density at radius 3 is 1.78 bits per heavy atom. The number of carbonyl (C=O) groups is 4. The number of hydrogen-bond donors (Lipinski definition) is 0. The summed E-state index contributed by atoms with van der Waals surface area (Å²) >= 11 is 0. The maximum absolute atomic E-state index is 12.2. The van der Waals surface area contributed by atoms with Crippen LogP contribution in [0.4, 0.5) is 0 Å². The lowest BCUT2D eigenvalue weighted by Gasteiger charge is -2.31. The van der Waals surface area contributed by atoms with Crippen LogP contribution in [-0.2, 0) is 71.3 Å². The van der Waals surface area contributed by atoms with Gasteiger partial charge in [0.15, 0.2) is 30.9 Å². The number of unbranched alkanes of at least 4 members (excludes halogenated alkanes) is 5. The zero-order chi connectivity index (χ0) is 34.2. The molecule has 0 aromatic rings. The molecule has 2 aliphatic heterocycles. The van der Waals surface area contributed by atoms with E-state index in [1.165, 1.54) is 54.4 Å². The van der Waals surface area contributed by atoms with E-state index in [-0.39, 0.29) is 6.61 Å². The van der Waals surface area contributed by atoms with E-state index in [1.807, 2.05) is 0 Å². The van der Waals surface area contributed by atoms with E-state index in [4.69, 9.17) is 52.1 Å².